The van der Waals surface area contributed by atoms with Crippen LogP contribution in [0.1, 0.15) is 32.8 Å². The summed E-state index contributed by atoms with van der Waals surface area (Å²) in [5, 5.41) is 5.95. The van der Waals surface area contributed by atoms with Gasteiger partial charge in [0.1, 0.15) is 0 Å². The Hall–Kier alpha value is -1.51. The fraction of sp³-hybridized carbons (Fsp3) is 0.500. The Labute approximate surface area is 104 Å². The van der Waals surface area contributed by atoms with Gasteiger partial charge in [-0.1, -0.05) is 25.5 Å². The van der Waals surface area contributed by atoms with Crippen molar-refractivity contribution in [3.05, 3.63) is 29.8 Å². The Morgan fingerprint density at radius 2 is 1.88 bits per heavy atom. The van der Waals surface area contributed by atoms with Crippen LogP contribution in [0.5, 0.6) is 0 Å². The normalized spacial score (nSPS) is 10.4. The Kier molecular flexibility index (Phi) is 5.53. The van der Waals surface area contributed by atoms with Gasteiger partial charge in [0.05, 0.1) is 6.54 Å². The number of aryl methyl sites for hydroxylation is 1. The van der Waals surface area contributed by atoms with Gasteiger partial charge >= 0.3 is 0 Å². The molecule has 0 aliphatic heterocycles. The molecule has 0 fully saturated rings. The molecule has 3 nitrogen and oxygen atoms in total. The van der Waals surface area contributed by atoms with E-state index in [1.165, 1.54) is 5.56 Å². The van der Waals surface area contributed by atoms with Crippen LogP contribution in [0.25, 0.3) is 0 Å². The highest BCUT2D eigenvalue weighted by Crippen LogP contribution is 2.10. The summed E-state index contributed by atoms with van der Waals surface area (Å²) in [6, 6.07) is 8.44. The predicted octanol–water partition coefficient (Wildman–Crippen LogP) is 2.58. The number of carbonyl (C=O) groups is 1. The third kappa shape index (κ3) is 5.38. The lowest BCUT2D eigenvalue weighted by molar-refractivity contribution is -0.119. The van der Waals surface area contributed by atoms with Gasteiger partial charge in [0.25, 0.3) is 0 Å². The van der Waals surface area contributed by atoms with E-state index in [0.29, 0.717) is 6.54 Å². The molecule has 1 rings (SSSR count). The monoisotopic (exact) mass is 234 g/mol. The minimum atomic E-state index is 0.0256. The van der Waals surface area contributed by atoms with Crippen LogP contribution in [0.3, 0.4) is 0 Å². The highest BCUT2D eigenvalue weighted by molar-refractivity contribution is 5.80. The smallest absolute Gasteiger partial charge is 0.239 e. The number of nitrogens with one attached hydrogen (secondary N) is 2. The van der Waals surface area contributed by atoms with Crippen molar-refractivity contribution in [3.63, 3.8) is 0 Å². The van der Waals surface area contributed by atoms with Gasteiger partial charge in [-0.2, -0.15) is 0 Å². The molecule has 17 heavy (non-hydrogen) atoms. The van der Waals surface area contributed by atoms with E-state index in [2.05, 4.69) is 29.7 Å². The molecule has 1 aromatic rings. The lowest BCUT2D eigenvalue weighted by Gasteiger charge is -2.10. The molecule has 0 bridgehead atoms. The largest absolute Gasteiger partial charge is 0.376 e. The molecule has 2 N–H and O–H groups in total. The molecule has 0 atom stereocenters. The molecule has 0 spiro atoms. The van der Waals surface area contributed by atoms with Crippen molar-refractivity contribution in [1.82, 2.24) is 5.32 Å². The van der Waals surface area contributed by atoms with Crippen molar-refractivity contribution in [2.24, 2.45) is 0 Å². The topological polar surface area (TPSA) is 41.1 Å². The summed E-state index contributed by atoms with van der Waals surface area (Å²) < 4.78 is 0. The highest BCUT2D eigenvalue weighted by atomic mass is 16.1. The summed E-state index contributed by atoms with van der Waals surface area (Å²) in [5.41, 5.74) is 2.33. The minimum Gasteiger partial charge on any atom is -0.376 e. The van der Waals surface area contributed by atoms with Gasteiger partial charge in [0.15, 0.2) is 0 Å². The van der Waals surface area contributed by atoms with E-state index >= 15 is 0 Å². The molecule has 0 radical (unpaired) electrons. The number of amides is 1. The van der Waals surface area contributed by atoms with Crippen LogP contribution in [-0.4, -0.2) is 18.5 Å². The second kappa shape index (κ2) is 6.94. The van der Waals surface area contributed by atoms with E-state index in [1.54, 1.807) is 0 Å². The molecule has 3 heteroatoms. The van der Waals surface area contributed by atoms with E-state index in [9.17, 15) is 4.79 Å². The fourth-order valence-corrected chi connectivity index (χ4v) is 1.63. The van der Waals surface area contributed by atoms with Crippen molar-refractivity contribution in [2.75, 3.05) is 11.9 Å². The van der Waals surface area contributed by atoms with Gasteiger partial charge in [-0.05, 0) is 38.0 Å². The number of rotatable bonds is 6. The van der Waals surface area contributed by atoms with Crippen molar-refractivity contribution in [3.8, 4) is 0 Å². The van der Waals surface area contributed by atoms with Gasteiger partial charge in [0.2, 0.25) is 5.91 Å². The highest BCUT2D eigenvalue weighted by Gasteiger charge is 2.02. The van der Waals surface area contributed by atoms with Crippen LogP contribution < -0.4 is 10.6 Å². The van der Waals surface area contributed by atoms with Crippen LogP contribution in [0, 0.1) is 0 Å². The van der Waals surface area contributed by atoms with E-state index in [4.69, 9.17) is 0 Å². The maximum absolute atomic E-state index is 11.4. The maximum atomic E-state index is 11.4. The van der Waals surface area contributed by atoms with Gasteiger partial charge in [0, 0.05) is 11.7 Å². The Morgan fingerprint density at radius 3 is 2.41 bits per heavy atom. The van der Waals surface area contributed by atoms with Crippen LogP contribution >= 0.6 is 0 Å². The van der Waals surface area contributed by atoms with E-state index in [0.717, 1.165) is 18.5 Å². The zero-order valence-corrected chi connectivity index (χ0v) is 10.9. The quantitative estimate of drug-likeness (QED) is 0.794. The molecule has 0 unspecified atom stereocenters. The van der Waals surface area contributed by atoms with Crippen LogP contribution in [-0.2, 0) is 11.2 Å². The maximum Gasteiger partial charge on any atom is 0.239 e. The zero-order chi connectivity index (χ0) is 12.7. The molecular formula is C14H22N2O. The van der Waals surface area contributed by atoms with Gasteiger partial charge in [-0.15, -0.1) is 0 Å². The first-order valence-corrected chi connectivity index (χ1v) is 6.24. The summed E-state index contributed by atoms with van der Waals surface area (Å²) >= 11 is 0. The first-order chi connectivity index (χ1) is 8.11. The van der Waals surface area contributed by atoms with Crippen LogP contribution in [0.4, 0.5) is 5.69 Å². The summed E-state index contributed by atoms with van der Waals surface area (Å²) in [4.78, 5) is 11.4. The van der Waals surface area contributed by atoms with E-state index in [1.807, 2.05) is 26.0 Å². The summed E-state index contributed by atoms with van der Waals surface area (Å²) in [7, 11) is 0. The second-order valence-corrected chi connectivity index (χ2v) is 4.52. The lowest BCUT2D eigenvalue weighted by Crippen LogP contribution is -2.34. The Balaban J connectivity index is 2.39. The number of anilines is 1. The Bertz CT molecular complexity index is 344. The molecule has 0 aromatic heterocycles. The predicted molar refractivity (Wildman–Crippen MR) is 72.2 cm³/mol. The third-order valence-corrected chi connectivity index (χ3v) is 2.40. The van der Waals surface area contributed by atoms with Crippen molar-refractivity contribution in [2.45, 2.75) is 39.7 Å². The van der Waals surface area contributed by atoms with Gasteiger partial charge in [-0.25, -0.2) is 0 Å². The average Bonchev–Trinajstić information content (AvgIpc) is 2.28. The molecule has 0 aliphatic carbocycles. The zero-order valence-electron chi connectivity index (χ0n) is 10.9. The lowest BCUT2D eigenvalue weighted by atomic mass is 10.1. The fourth-order valence-electron chi connectivity index (χ4n) is 1.63. The summed E-state index contributed by atoms with van der Waals surface area (Å²) in [6.45, 7) is 6.41. The molecule has 0 saturated carbocycles. The number of hydrogen-bond acceptors (Lipinski definition) is 2. The van der Waals surface area contributed by atoms with E-state index in [-0.39, 0.29) is 11.9 Å². The van der Waals surface area contributed by atoms with E-state index < -0.39 is 0 Å². The summed E-state index contributed by atoms with van der Waals surface area (Å²) in [6.07, 6.45) is 2.26. The molecule has 1 aromatic carbocycles. The molecule has 0 heterocycles. The minimum absolute atomic E-state index is 0.0256. The van der Waals surface area contributed by atoms with Gasteiger partial charge in [-0.3, -0.25) is 4.79 Å². The number of benzene rings is 1. The summed E-state index contributed by atoms with van der Waals surface area (Å²) in [5.74, 6) is 0.0256. The number of hydrogen-bond donors (Lipinski definition) is 2. The molecule has 0 aliphatic rings. The second-order valence-electron chi connectivity index (χ2n) is 4.52. The standard InChI is InChI=1S/C14H22N2O/c1-4-5-12-6-8-13(9-7-12)15-10-14(17)16-11(2)3/h6-9,11,15H,4-5,10H2,1-3H3,(H,16,17). The van der Waals surface area contributed by atoms with Crippen molar-refractivity contribution >= 4 is 11.6 Å². The molecular weight excluding hydrogens is 212 g/mol. The van der Waals surface area contributed by atoms with Gasteiger partial charge < -0.3 is 10.6 Å². The third-order valence-electron chi connectivity index (χ3n) is 2.40. The first kappa shape index (κ1) is 13.6. The SMILES string of the molecule is CCCc1ccc(NCC(=O)NC(C)C)cc1. The van der Waals surface area contributed by atoms with Crippen molar-refractivity contribution in [1.29, 1.82) is 0 Å². The molecule has 94 valence electrons. The van der Waals surface area contributed by atoms with Crippen LogP contribution in [0.15, 0.2) is 24.3 Å². The van der Waals surface area contributed by atoms with Crippen molar-refractivity contribution < 1.29 is 4.79 Å². The van der Waals surface area contributed by atoms with Crippen LogP contribution in [0.2, 0.25) is 0 Å². The molecule has 1 amide bonds. The molecule has 0 saturated heterocycles. The number of carbonyl (C=O) groups excluding carboxylic acids is 1. The first-order valence-electron chi connectivity index (χ1n) is 6.24. The Morgan fingerprint density at radius 1 is 1.24 bits per heavy atom. The average molecular weight is 234 g/mol.